The van der Waals surface area contributed by atoms with Crippen molar-refractivity contribution in [2.24, 2.45) is 4.99 Å². The zero-order chi connectivity index (χ0) is 13.4. The molecule has 0 aliphatic carbocycles. The SMILES string of the molecule is CN=C(NCc1ccccc1)NCC(C)(C)SC.I. The smallest absolute Gasteiger partial charge is 0.191 e. The summed E-state index contributed by atoms with van der Waals surface area (Å²) in [6.45, 7) is 6.12. The van der Waals surface area contributed by atoms with E-state index >= 15 is 0 Å². The maximum Gasteiger partial charge on any atom is 0.191 e. The lowest BCUT2D eigenvalue weighted by atomic mass is 10.2. The minimum Gasteiger partial charge on any atom is -0.355 e. The van der Waals surface area contributed by atoms with Gasteiger partial charge in [-0.05, 0) is 25.7 Å². The number of nitrogens with one attached hydrogen (secondary N) is 2. The zero-order valence-corrected chi connectivity index (χ0v) is 15.2. The molecule has 1 aromatic rings. The highest BCUT2D eigenvalue weighted by Crippen LogP contribution is 2.19. The lowest BCUT2D eigenvalue weighted by molar-refractivity contribution is 0.664. The fourth-order valence-electron chi connectivity index (χ4n) is 1.37. The fraction of sp³-hybridized carbons (Fsp3) is 0.500. The molecule has 1 rings (SSSR count). The molecule has 2 N–H and O–H groups in total. The lowest BCUT2D eigenvalue weighted by Gasteiger charge is -2.23. The highest BCUT2D eigenvalue weighted by Gasteiger charge is 2.15. The van der Waals surface area contributed by atoms with Crippen molar-refractivity contribution in [3.05, 3.63) is 35.9 Å². The summed E-state index contributed by atoms with van der Waals surface area (Å²) in [6.07, 6.45) is 2.13. The molecule has 0 aromatic heterocycles. The van der Waals surface area contributed by atoms with Gasteiger partial charge in [0.25, 0.3) is 0 Å². The van der Waals surface area contributed by atoms with E-state index in [-0.39, 0.29) is 28.7 Å². The van der Waals surface area contributed by atoms with Crippen LogP contribution in [0.1, 0.15) is 19.4 Å². The molecule has 19 heavy (non-hydrogen) atoms. The van der Waals surface area contributed by atoms with E-state index in [9.17, 15) is 0 Å². The first kappa shape index (κ1) is 18.6. The Morgan fingerprint density at radius 2 is 1.84 bits per heavy atom. The summed E-state index contributed by atoms with van der Waals surface area (Å²) in [5.74, 6) is 0.848. The molecule has 108 valence electrons. The first-order valence-corrected chi connectivity index (χ1v) is 7.33. The van der Waals surface area contributed by atoms with E-state index in [1.807, 2.05) is 30.0 Å². The molecule has 0 saturated carbocycles. The molecule has 1 aromatic carbocycles. The maximum absolute atomic E-state index is 4.23. The van der Waals surface area contributed by atoms with Crippen molar-refractivity contribution >= 4 is 41.7 Å². The predicted molar refractivity (Wildman–Crippen MR) is 97.7 cm³/mol. The number of rotatable bonds is 5. The number of guanidine groups is 1. The van der Waals surface area contributed by atoms with Crippen molar-refractivity contribution in [3.8, 4) is 0 Å². The van der Waals surface area contributed by atoms with Gasteiger partial charge in [-0.15, -0.1) is 24.0 Å². The van der Waals surface area contributed by atoms with E-state index < -0.39 is 0 Å². The second-order valence-corrected chi connectivity index (χ2v) is 6.24. The second-order valence-electron chi connectivity index (χ2n) is 4.73. The molecule has 0 spiro atoms. The van der Waals surface area contributed by atoms with Crippen LogP contribution in [0.2, 0.25) is 0 Å². The molecule has 0 fully saturated rings. The number of nitrogens with zero attached hydrogens (tertiary/aromatic N) is 1. The van der Waals surface area contributed by atoms with Crippen LogP contribution >= 0.6 is 35.7 Å². The Balaban J connectivity index is 0.00000324. The number of hydrogen-bond acceptors (Lipinski definition) is 2. The van der Waals surface area contributed by atoms with Gasteiger partial charge in [0.2, 0.25) is 0 Å². The van der Waals surface area contributed by atoms with Gasteiger partial charge < -0.3 is 10.6 Å². The molecular weight excluding hydrogens is 369 g/mol. The molecule has 0 atom stereocenters. The largest absolute Gasteiger partial charge is 0.355 e. The molecule has 0 amide bonds. The molecule has 0 aliphatic heterocycles. The highest BCUT2D eigenvalue weighted by atomic mass is 127. The molecule has 0 heterocycles. The predicted octanol–water partition coefficient (Wildman–Crippen LogP) is 3.11. The van der Waals surface area contributed by atoms with Crippen molar-refractivity contribution in [1.82, 2.24) is 10.6 Å². The van der Waals surface area contributed by atoms with E-state index in [4.69, 9.17) is 0 Å². The van der Waals surface area contributed by atoms with Crippen LogP contribution in [0.5, 0.6) is 0 Å². The number of hydrogen-bond donors (Lipinski definition) is 2. The minimum absolute atomic E-state index is 0. The molecular formula is C14H24IN3S. The normalized spacial score (nSPS) is 11.7. The summed E-state index contributed by atoms with van der Waals surface area (Å²) in [5.41, 5.74) is 1.25. The van der Waals surface area contributed by atoms with Crippen LogP contribution in [0, 0.1) is 0 Å². The van der Waals surface area contributed by atoms with E-state index in [1.54, 1.807) is 7.05 Å². The van der Waals surface area contributed by atoms with Crippen molar-refractivity contribution in [2.45, 2.75) is 25.1 Å². The summed E-state index contributed by atoms with van der Waals surface area (Å²) in [4.78, 5) is 4.23. The summed E-state index contributed by atoms with van der Waals surface area (Å²) in [5, 5.41) is 6.66. The Hall–Kier alpha value is -0.430. The van der Waals surface area contributed by atoms with Gasteiger partial charge in [0.15, 0.2) is 5.96 Å². The van der Waals surface area contributed by atoms with E-state index in [1.165, 1.54) is 5.56 Å². The van der Waals surface area contributed by atoms with Gasteiger partial charge in [-0.2, -0.15) is 11.8 Å². The van der Waals surface area contributed by atoms with Gasteiger partial charge >= 0.3 is 0 Å². The number of thioether (sulfide) groups is 1. The van der Waals surface area contributed by atoms with Gasteiger partial charge in [0, 0.05) is 24.9 Å². The maximum atomic E-state index is 4.23. The van der Waals surface area contributed by atoms with E-state index in [2.05, 4.69) is 47.9 Å². The quantitative estimate of drug-likeness (QED) is 0.459. The Morgan fingerprint density at radius 1 is 1.21 bits per heavy atom. The average molecular weight is 393 g/mol. The molecule has 0 bridgehead atoms. The second kappa shape index (κ2) is 9.47. The van der Waals surface area contributed by atoms with Crippen LogP contribution in [-0.4, -0.2) is 30.6 Å². The summed E-state index contributed by atoms with van der Waals surface area (Å²) in [6, 6.07) is 10.3. The van der Waals surface area contributed by atoms with Crippen molar-refractivity contribution < 1.29 is 0 Å². The van der Waals surface area contributed by atoms with Crippen molar-refractivity contribution in [1.29, 1.82) is 0 Å². The van der Waals surface area contributed by atoms with Gasteiger partial charge in [0.1, 0.15) is 0 Å². The van der Waals surface area contributed by atoms with Gasteiger partial charge in [0.05, 0.1) is 0 Å². The minimum atomic E-state index is 0. The van der Waals surface area contributed by atoms with Gasteiger partial charge in [-0.25, -0.2) is 0 Å². The lowest BCUT2D eigenvalue weighted by Crippen LogP contribution is -2.42. The third-order valence-corrected chi connectivity index (χ3v) is 4.01. The molecule has 5 heteroatoms. The molecule has 0 aliphatic rings. The van der Waals surface area contributed by atoms with Crippen LogP contribution in [0.4, 0.5) is 0 Å². The Kier molecular flexibility index (Phi) is 9.26. The third-order valence-electron chi connectivity index (χ3n) is 2.76. The number of benzene rings is 1. The summed E-state index contributed by atoms with van der Waals surface area (Å²) in [7, 11) is 1.80. The monoisotopic (exact) mass is 393 g/mol. The fourth-order valence-corrected chi connectivity index (χ4v) is 1.59. The number of aliphatic imine (C=N–C) groups is 1. The molecule has 0 unspecified atom stereocenters. The van der Waals surface area contributed by atoms with Crippen LogP contribution in [0.25, 0.3) is 0 Å². The topological polar surface area (TPSA) is 36.4 Å². The highest BCUT2D eigenvalue weighted by molar-refractivity contribution is 14.0. The Bertz CT molecular complexity index is 380. The van der Waals surface area contributed by atoms with E-state index in [0.717, 1.165) is 19.0 Å². The molecule has 0 saturated heterocycles. The standard InChI is InChI=1S/C14H23N3S.HI/c1-14(2,18-4)11-17-13(15-3)16-10-12-8-6-5-7-9-12;/h5-9H,10-11H2,1-4H3,(H2,15,16,17);1H. The Morgan fingerprint density at radius 3 is 2.37 bits per heavy atom. The van der Waals surface area contributed by atoms with Gasteiger partial charge in [-0.1, -0.05) is 30.3 Å². The number of halogens is 1. The van der Waals surface area contributed by atoms with Crippen molar-refractivity contribution in [3.63, 3.8) is 0 Å². The average Bonchev–Trinajstić information content (AvgIpc) is 2.40. The third kappa shape index (κ3) is 7.67. The van der Waals surface area contributed by atoms with Crippen molar-refractivity contribution in [2.75, 3.05) is 19.8 Å². The molecule has 0 radical (unpaired) electrons. The van der Waals surface area contributed by atoms with Crippen LogP contribution < -0.4 is 10.6 Å². The first-order chi connectivity index (χ1) is 8.57. The molecule has 3 nitrogen and oxygen atoms in total. The Labute approximate surface area is 138 Å². The zero-order valence-electron chi connectivity index (χ0n) is 12.1. The summed E-state index contributed by atoms with van der Waals surface area (Å²) < 4.78 is 0.213. The van der Waals surface area contributed by atoms with E-state index in [0.29, 0.717) is 0 Å². The van der Waals surface area contributed by atoms with Crippen LogP contribution in [-0.2, 0) is 6.54 Å². The van der Waals surface area contributed by atoms with Gasteiger partial charge in [-0.3, -0.25) is 4.99 Å². The summed E-state index contributed by atoms with van der Waals surface area (Å²) >= 11 is 1.85. The first-order valence-electron chi connectivity index (χ1n) is 6.11. The van der Waals surface area contributed by atoms with Crippen LogP contribution in [0.3, 0.4) is 0 Å². The van der Waals surface area contributed by atoms with Crippen LogP contribution in [0.15, 0.2) is 35.3 Å².